The Morgan fingerprint density at radius 3 is 2.56 bits per heavy atom. The van der Waals surface area contributed by atoms with Crippen LogP contribution in [0.1, 0.15) is 39.7 Å². The first-order chi connectivity index (χ1) is 8.49. The molecule has 0 amide bonds. The summed E-state index contributed by atoms with van der Waals surface area (Å²) in [5.74, 6) is 0. The highest BCUT2D eigenvalue weighted by atomic mass is 16.5. The lowest BCUT2D eigenvalue weighted by Crippen LogP contribution is -2.49. The number of methoxy groups -OCH3 is 1. The zero-order valence-corrected chi connectivity index (χ0v) is 12.3. The molecule has 3 heteroatoms. The molecule has 3 nitrogen and oxygen atoms in total. The Hall–Kier alpha value is -0.800. The Labute approximate surface area is 111 Å². The third-order valence-corrected chi connectivity index (χ3v) is 3.17. The van der Waals surface area contributed by atoms with Crippen LogP contribution in [0, 0.1) is 5.41 Å². The second kappa shape index (κ2) is 6.95. The minimum Gasteiger partial charge on any atom is -0.472 e. The fraction of sp³-hybridized carbons (Fsp3) is 0.733. The monoisotopic (exact) mass is 253 g/mol. The van der Waals surface area contributed by atoms with Crippen LogP contribution in [0.15, 0.2) is 23.0 Å². The Morgan fingerprint density at radius 1 is 1.39 bits per heavy atom. The maximum absolute atomic E-state index is 5.73. The molecule has 0 spiro atoms. The molecule has 0 radical (unpaired) electrons. The van der Waals surface area contributed by atoms with Crippen molar-refractivity contribution >= 4 is 0 Å². The van der Waals surface area contributed by atoms with Gasteiger partial charge in [-0.2, -0.15) is 0 Å². The number of ether oxygens (including phenoxy) is 1. The Balaban J connectivity index is 2.75. The van der Waals surface area contributed by atoms with Gasteiger partial charge in [-0.05, 0) is 36.4 Å². The van der Waals surface area contributed by atoms with Gasteiger partial charge in [0.1, 0.15) is 0 Å². The van der Waals surface area contributed by atoms with Gasteiger partial charge >= 0.3 is 0 Å². The molecule has 104 valence electrons. The van der Waals surface area contributed by atoms with Gasteiger partial charge in [0.05, 0.1) is 18.6 Å². The number of nitrogens with one attached hydrogen (secondary N) is 1. The molecule has 0 aromatic carbocycles. The summed E-state index contributed by atoms with van der Waals surface area (Å²) in [5, 5.41) is 3.60. The molecule has 1 aromatic rings. The maximum Gasteiger partial charge on any atom is 0.0935 e. The van der Waals surface area contributed by atoms with Crippen molar-refractivity contribution in [1.82, 2.24) is 5.32 Å². The molecule has 0 saturated carbocycles. The number of hydrogen-bond donors (Lipinski definition) is 1. The van der Waals surface area contributed by atoms with Crippen LogP contribution in [0.25, 0.3) is 0 Å². The van der Waals surface area contributed by atoms with Crippen molar-refractivity contribution in [3.05, 3.63) is 24.2 Å². The van der Waals surface area contributed by atoms with Gasteiger partial charge in [-0.15, -0.1) is 0 Å². The van der Waals surface area contributed by atoms with E-state index in [9.17, 15) is 0 Å². The molecule has 0 aliphatic carbocycles. The summed E-state index contributed by atoms with van der Waals surface area (Å²) >= 11 is 0. The molecule has 0 aliphatic heterocycles. The Morgan fingerprint density at radius 2 is 2.11 bits per heavy atom. The Bertz CT molecular complexity index is 314. The van der Waals surface area contributed by atoms with E-state index in [1.54, 1.807) is 13.4 Å². The second-order valence-corrected chi connectivity index (χ2v) is 5.92. The van der Waals surface area contributed by atoms with E-state index in [1.165, 1.54) is 5.56 Å². The van der Waals surface area contributed by atoms with Crippen molar-refractivity contribution in [3.8, 4) is 0 Å². The SMILES string of the molecule is CCCNC(Cc1ccoc1)C(OC)C(C)(C)C. The van der Waals surface area contributed by atoms with E-state index in [-0.39, 0.29) is 11.5 Å². The molecule has 2 atom stereocenters. The minimum atomic E-state index is 0.115. The lowest BCUT2D eigenvalue weighted by molar-refractivity contribution is -0.0109. The molecule has 1 N–H and O–H groups in total. The van der Waals surface area contributed by atoms with Crippen LogP contribution < -0.4 is 5.32 Å². The van der Waals surface area contributed by atoms with E-state index in [4.69, 9.17) is 9.15 Å². The number of rotatable bonds is 7. The van der Waals surface area contributed by atoms with E-state index >= 15 is 0 Å². The van der Waals surface area contributed by atoms with Gasteiger partial charge in [0.25, 0.3) is 0 Å². The van der Waals surface area contributed by atoms with E-state index in [0.29, 0.717) is 6.04 Å². The van der Waals surface area contributed by atoms with Gasteiger partial charge < -0.3 is 14.5 Å². The molecule has 1 aromatic heterocycles. The highest BCUT2D eigenvalue weighted by Gasteiger charge is 2.32. The van der Waals surface area contributed by atoms with Crippen molar-refractivity contribution < 1.29 is 9.15 Å². The van der Waals surface area contributed by atoms with Crippen molar-refractivity contribution in [3.63, 3.8) is 0 Å². The topological polar surface area (TPSA) is 34.4 Å². The first-order valence-corrected chi connectivity index (χ1v) is 6.76. The third kappa shape index (κ3) is 4.46. The molecule has 0 saturated heterocycles. The van der Waals surface area contributed by atoms with Crippen LogP contribution in [0.3, 0.4) is 0 Å². The first kappa shape index (κ1) is 15.3. The van der Waals surface area contributed by atoms with Crippen LogP contribution in [0.5, 0.6) is 0 Å². The van der Waals surface area contributed by atoms with E-state index in [2.05, 4.69) is 33.0 Å². The predicted molar refractivity (Wildman–Crippen MR) is 74.7 cm³/mol. The Kier molecular flexibility index (Phi) is 5.89. The predicted octanol–water partition coefficient (Wildman–Crippen LogP) is 3.25. The highest BCUT2D eigenvalue weighted by molar-refractivity contribution is 5.09. The zero-order chi connectivity index (χ0) is 13.6. The number of hydrogen-bond acceptors (Lipinski definition) is 3. The summed E-state index contributed by atoms with van der Waals surface area (Å²) in [5.41, 5.74) is 1.33. The molecule has 0 aliphatic rings. The summed E-state index contributed by atoms with van der Waals surface area (Å²) in [6, 6.07) is 2.34. The van der Waals surface area contributed by atoms with Crippen molar-refractivity contribution in [1.29, 1.82) is 0 Å². The molecule has 0 bridgehead atoms. The fourth-order valence-electron chi connectivity index (χ4n) is 2.40. The summed E-state index contributed by atoms with van der Waals surface area (Å²) in [6.45, 7) is 9.85. The van der Waals surface area contributed by atoms with Gasteiger partial charge in [0.2, 0.25) is 0 Å². The van der Waals surface area contributed by atoms with Crippen molar-refractivity contribution in [2.24, 2.45) is 5.41 Å². The minimum absolute atomic E-state index is 0.115. The summed E-state index contributed by atoms with van der Waals surface area (Å²) < 4.78 is 10.9. The van der Waals surface area contributed by atoms with Crippen LogP contribution in [0.4, 0.5) is 0 Å². The van der Waals surface area contributed by atoms with E-state index in [0.717, 1.165) is 19.4 Å². The van der Waals surface area contributed by atoms with Crippen LogP contribution in [0.2, 0.25) is 0 Å². The summed E-state index contributed by atoms with van der Waals surface area (Å²) in [4.78, 5) is 0. The average molecular weight is 253 g/mol. The van der Waals surface area contributed by atoms with E-state index in [1.807, 2.05) is 12.3 Å². The number of furan rings is 1. The largest absolute Gasteiger partial charge is 0.472 e. The van der Waals surface area contributed by atoms with Crippen LogP contribution in [-0.4, -0.2) is 25.8 Å². The summed E-state index contributed by atoms with van der Waals surface area (Å²) in [7, 11) is 1.80. The maximum atomic E-state index is 5.73. The van der Waals surface area contributed by atoms with Gasteiger partial charge in [-0.25, -0.2) is 0 Å². The summed E-state index contributed by atoms with van der Waals surface area (Å²) in [6.07, 6.45) is 5.79. The zero-order valence-electron chi connectivity index (χ0n) is 12.3. The molecule has 2 unspecified atom stereocenters. The normalized spacial score (nSPS) is 15.6. The molecular weight excluding hydrogens is 226 g/mol. The van der Waals surface area contributed by atoms with Crippen molar-refractivity contribution in [2.75, 3.05) is 13.7 Å². The second-order valence-electron chi connectivity index (χ2n) is 5.92. The molecular formula is C15H27NO2. The third-order valence-electron chi connectivity index (χ3n) is 3.17. The lowest BCUT2D eigenvalue weighted by atomic mass is 9.82. The van der Waals surface area contributed by atoms with Gasteiger partial charge in [-0.3, -0.25) is 0 Å². The van der Waals surface area contributed by atoms with Crippen LogP contribution >= 0.6 is 0 Å². The molecule has 18 heavy (non-hydrogen) atoms. The average Bonchev–Trinajstić information content (AvgIpc) is 2.77. The standard InChI is InChI=1S/C15H27NO2/c1-6-8-16-13(10-12-7-9-18-11-12)14(17-5)15(2,3)4/h7,9,11,13-14,16H,6,8,10H2,1-5H3. The molecule has 0 fully saturated rings. The van der Waals surface area contributed by atoms with Gasteiger partial charge in [-0.1, -0.05) is 27.7 Å². The van der Waals surface area contributed by atoms with Gasteiger partial charge in [0, 0.05) is 13.2 Å². The molecule has 1 rings (SSSR count). The molecule has 1 heterocycles. The van der Waals surface area contributed by atoms with Crippen LogP contribution in [-0.2, 0) is 11.2 Å². The van der Waals surface area contributed by atoms with E-state index < -0.39 is 0 Å². The lowest BCUT2D eigenvalue weighted by Gasteiger charge is -2.36. The van der Waals surface area contributed by atoms with Gasteiger partial charge in [0.15, 0.2) is 0 Å². The highest BCUT2D eigenvalue weighted by Crippen LogP contribution is 2.26. The smallest absolute Gasteiger partial charge is 0.0935 e. The first-order valence-electron chi connectivity index (χ1n) is 6.76. The quantitative estimate of drug-likeness (QED) is 0.810. The fourth-order valence-corrected chi connectivity index (χ4v) is 2.40. The van der Waals surface area contributed by atoms with Crippen molar-refractivity contribution in [2.45, 2.75) is 52.7 Å².